The number of carbonyl (C=O) groups excluding carboxylic acids is 1. The average Bonchev–Trinajstić information content (AvgIpc) is 3.18. The highest BCUT2D eigenvalue weighted by Crippen LogP contribution is 2.68. The Balaban J connectivity index is 0.000000950. The topological polar surface area (TPSA) is 43.1 Å². The molecule has 0 amide bonds. The van der Waals surface area contributed by atoms with E-state index in [1.807, 2.05) is 20.8 Å². The lowest BCUT2D eigenvalue weighted by molar-refractivity contribution is -0.128. The predicted octanol–water partition coefficient (Wildman–Crippen LogP) is 9.69. The van der Waals surface area contributed by atoms with Gasteiger partial charge in [0.1, 0.15) is 5.78 Å². The highest BCUT2D eigenvalue weighted by molar-refractivity contribution is 5.77. The maximum atomic E-state index is 11.9. The summed E-state index contributed by atoms with van der Waals surface area (Å²) < 4.78 is 0. The maximum absolute atomic E-state index is 11.9. The van der Waals surface area contributed by atoms with Crippen molar-refractivity contribution in [1.29, 1.82) is 0 Å². The normalized spacial score (nSPS) is 42.4. The summed E-state index contributed by atoms with van der Waals surface area (Å²) in [5, 5.41) is 0. The molecule has 0 saturated heterocycles. The summed E-state index contributed by atoms with van der Waals surface area (Å²) in [6, 6.07) is 0.421. The van der Waals surface area contributed by atoms with Gasteiger partial charge in [0.15, 0.2) is 0 Å². The van der Waals surface area contributed by atoms with Crippen LogP contribution in [0.2, 0.25) is 0 Å². The lowest BCUT2D eigenvalue weighted by atomic mass is 9.43. The van der Waals surface area contributed by atoms with Crippen LogP contribution < -0.4 is 5.73 Å². The van der Waals surface area contributed by atoms with E-state index >= 15 is 0 Å². The molecule has 9 unspecified atom stereocenters. The van der Waals surface area contributed by atoms with Gasteiger partial charge in [-0.2, -0.15) is 0 Å². The van der Waals surface area contributed by atoms with Gasteiger partial charge in [-0.05, 0) is 104 Å². The number of Topliss-reactive ketones (excluding diaryl/α,β-unsaturated/α-hetero) is 1. The highest BCUT2D eigenvalue weighted by atomic mass is 16.1. The van der Waals surface area contributed by atoms with Crippen molar-refractivity contribution in [1.82, 2.24) is 0 Å². The Hall–Kier alpha value is -0.370. The maximum Gasteiger partial charge on any atom is 0.132 e. The Bertz CT molecular complexity index is 631. The summed E-state index contributed by atoms with van der Waals surface area (Å²) in [5.41, 5.74) is 7.90. The van der Waals surface area contributed by atoms with Crippen molar-refractivity contribution < 1.29 is 4.79 Å². The molecule has 0 heterocycles. The molecule has 0 bridgehead atoms. The van der Waals surface area contributed by atoms with Crippen LogP contribution in [0.4, 0.5) is 0 Å². The van der Waals surface area contributed by atoms with E-state index in [4.69, 9.17) is 5.73 Å². The summed E-state index contributed by atoms with van der Waals surface area (Å²) in [4.78, 5) is 11.9. The molecular weight excluding hydrogens is 426 g/mol. The minimum atomic E-state index is 0. The summed E-state index contributed by atoms with van der Waals surface area (Å²) in [6.45, 7) is 20.4. The van der Waals surface area contributed by atoms with E-state index in [-0.39, 0.29) is 7.43 Å². The standard InChI is InChI=1S/C27H47NO.C3H8.C2H6.CH4/c1-6-19(29)8-7-18(3)21-9-10-22-20-16-25(28)24-15-17(2)11-13-27(24,5)23(20)12-14-26(21,22)4;1-3-2;1-2;/h17-18,20-25H,6-16,28H2,1-5H3;3H2,1-2H3;1-2H3;1H4/t17-,18?,20?,21?,22?,23?,24?,25?,26?,27?;;;/m1.../s1. The van der Waals surface area contributed by atoms with Crippen LogP contribution in [-0.2, 0) is 4.79 Å². The molecule has 4 aliphatic rings. The quantitative estimate of drug-likeness (QED) is 0.416. The number of hydrogen-bond donors (Lipinski definition) is 1. The lowest BCUT2D eigenvalue weighted by Crippen LogP contribution is -2.59. The van der Waals surface area contributed by atoms with Gasteiger partial charge in [0.2, 0.25) is 0 Å². The van der Waals surface area contributed by atoms with Crippen molar-refractivity contribution in [3.8, 4) is 0 Å². The molecule has 4 saturated carbocycles. The van der Waals surface area contributed by atoms with Crippen molar-refractivity contribution >= 4 is 5.78 Å². The molecule has 2 nitrogen and oxygen atoms in total. The monoisotopic (exact) mass is 492 g/mol. The van der Waals surface area contributed by atoms with Crippen molar-refractivity contribution in [2.45, 2.75) is 153 Å². The first-order valence-corrected chi connectivity index (χ1v) is 15.4. The fourth-order valence-corrected chi connectivity index (χ4v) is 9.34. The van der Waals surface area contributed by atoms with Gasteiger partial charge in [0.25, 0.3) is 0 Å². The zero-order chi connectivity index (χ0) is 25.7. The molecule has 10 atom stereocenters. The zero-order valence-electron chi connectivity index (χ0n) is 24.6. The van der Waals surface area contributed by atoms with Crippen molar-refractivity contribution in [3.05, 3.63) is 0 Å². The molecule has 4 aliphatic carbocycles. The molecule has 0 aliphatic heterocycles. The Morgan fingerprint density at radius 1 is 0.914 bits per heavy atom. The second-order valence-corrected chi connectivity index (χ2v) is 13.1. The number of hydrogen-bond acceptors (Lipinski definition) is 2. The molecule has 0 aromatic rings. The van der Waals surface area contributed by atoms with E-state index in [1.54, 1.807) is 0 Å². The van der Waals surface area contributed by atoms with E-state index in [1.165, 1.54) is 57.8 Å². The second kappa shape index (κ2) is 14.0. The van der Waals surface area contributed by atoms with Crippen molar-refractivity contribution in [2.24, 2.45) is 58.0 Å². The minimum absolute atomic E-state index is 0. The SMILES string of the molecule is C.CC.CCC.CCC(=O)CCC(C)C1CCC2C3CC(N)C4C[C@H](C)CCC4(C)C3CCC12C. The Labute approximate surface area is 221 Å². The summed E-state index contributed by atoms with van der Waals surface area (Å²) in [7, 11) is 0. The Morgan fingerprint density at radius 2 is 1.49 bits per heavy atom. The molecule has 4 rings (SSSR count). The molecule has 0 radical (unpaired) electrons. The van der Waals surface area contributed by atoms with Crippen LogP contribution >= 0.6 is 0 Å². The van der Waals surface area contributed by atoms with Crippen LogP contribution in [0.5, 0.6) is 0 Å². The van der Waals surface area contributed by atoms with Crippen LogP contribution in [0.3, 0.4) is 0 Å². The summed E-state index contributed by atoms with van der Waals surface area (Å²) in [5.74, 6) is 6.21. The van der Waals surface area contributed by atoms with Gasteiger partial charge in [-0.25, -0.2) is 0 Å². The molecule has 0 aromatic carbocycles. The third kappa shape index (κ3) is 6.56. The van der Waals surface area contributed by atoms with Crippen LogP contribution in [0.25, 0.3) is 0 Å². The summed E-state index contributed by atoms with van der Waals surface area (Å²) in [6.07, 6.45) is 15.0. The second-order valence-electron chi connectivity index (χ2n) is 13.1. The minimum Gasteiger partial charge on any atom is -0.327 e. The third-order valence-corrected chi connectivity index (χ3v) is 11.1. The fourth-order valence-electron chi connectivity index (χ4n) is 9.34. The Kier molecular flexibility index (Phi) is 13.0. The average molecular weight is 492 g/mol. The largest absolute Gasteiger partial charge is 0.327 e. The van der Waals surface area contributed by atoms with Gasteiger partial charge in [0.05, 0.1) is 0 Å². The fraction of sp³-hybridized carbons (Fsp3) is 0.970. The van der Waals surface area contributed by atoms with E-state index in [2.05, 4.69) is 41.5 Å². The summed E-state index contributed by atoms with van der Waals surface area (Å²) >= 11 is 0. The number of rotatable bonds is 5. The molecule has 208 valence electrons. The molecule has 0 spiro atoms. The lowest BCUT2D eigenvalue weighted by Gasteiger charge is -2.63. The van der Waals surface area contributed by atoms with E-state index in [0.717, 1.165) is 48.3 Å². The van der Waals surface area contributed by atoms with Crippen LogP contribution in [-0.4, -0.2) is 11.8 Å². The van der Waals surface area contributed by atoms with Crippen LogP contribution in [0.1, 0.15) is 147 Å². The molecule has 2 heteroatoms. The number of fused-ring (bicyclic) bond motifs is 5. The van der Waals surface area contributed by atoms with Gasteiger partial charge in [-0.3, -0.25) is 4.79 Å². The molecule has 0 aromatic heterocycles. The molecule has 35 heavy (non-hydrogen) atoms. The predicted molar refractivity (Wildman–Crippen MR) is 155 cm³/mol. The smallest absolute Gasteiger partial charge is 0.132 e. The number of ketones is 1. The van der Waals surface area contributed by atoms with Gasteiger partial charge in [0, 0.05) is 18.9 Å². The molecular formula is C33H65NO. The highest BCUT2D eigenvalue weighted by Gasteiger charge is 2.61. The van der Waals surface area contributed by atoms with Gasteiger partial charge < -0.3 is 5.73 Å². The van der Waals surface area contributed by atoms with Crippen molar-refractivity contribution in [3.63, 3.8) is 0 Å². The Morgan fingerprint density at radius 3 is 2.09 bits per heavy atom. The first-order chi connectivity index (χ1) is 16.1. The molecule has 4 fully saturated rings. The van der Waals surface area contributed by atoms with Gasteiger partial charge in [-0.1, -0.05) is 82.6 Å². The van der Waals surface area contributed by atoms with Crippen LogP contribution in [0.15, 0.2) is 0 Å². The first-order valence-electron chi connectivity index (χ1n) is 15.4. The van der Waals surface area contributed by atoms with E-state index in [9.17, 15) is 4.79 Å². The van der Waals surface area contributed by atoms with E-state index < -0.39 is 0 Å². The zero-order valence-corrected chi connectivity index (χ0v) is 24.6. The first kappa shape index (κ1) is 32.7. The van der Waals surface area contributed by atoms with Gasteiger partial charge >= 0.3 is 0 Å². The van der Waals surface area contributed by atoms with E-state index in [0.29, 0.717) is 35.0 Å². The third-order valence-electron chi connectivity index (χ3n) is 11.1. The number of nitrogens with two attached hydrogens (primary N) is 1. The van der Waals surface area contributed by atoms with Gasteiger partial charge in [-0.15, -0.1) is 0 Å². The molecule has 2 N–H and O–H groups in total. The van der Waals surface area contributed by atoms with Crippen LogP contribution in [0, 0.1) is 52.3 Å². The number of carbonyl (C=O) groups is 1. The van der Waals surface area contributed by atoms with Crippen molar-refractivity contribution in [2.75, 3.05) is 0 Å².